The molecule has 0 fully saturated rings. The Morgan fingerprint density at radius 1 is 1.09 bits per heavy atom. The first-order chi connectivity index (χ1) is 16.4. The lowest BCUT2D eigenvalue weighted by molar-refractivity contribution is -0.118. The molecule has 34 heavy (non-hydrogen) atoms. The Hall–Kier alpha value is -4.15. The number of benzene rings is 2. The maximum atomic E-state index is 11.0. The van der Waals surface area contributed by atoms with Crippen LogP contribution in [0.5, 0.6) is 11.5 Å². The standard InChI is InChI=1S/C26H22ClN5O2/c1-16-11-20(7-9-25(16)34-21-8-6-17(2)29-14-21)32-26-22-12-19(5-4-10-28-18(3)33)23(27)13-24(22)30-15-31-26/h6-9,11-15H,10H2,1-3H3,(H,28,33)(H,30,31,32). The summed E-state index contributed by atoms with van der Waals surface area (Å²) in [6.07, 6.45) is 3.19. The second kappa shape index (κ2) is 10.2. The summed E-state index contributed by atoms with van der Waals surface area (Å²) in [4.78, 5) is 24.0. The number of aryl methyl sites for hydroxylation is 2. The van der Waals surface area contributed by atoms with E-state index in [1.54, 1.807) is 12.3 Å². The lowest BCUT2D eigenvalue weighted by Gasteiger charge is -2.13. The van der Waals surface area contributed by atoms with Crippen LogP contribution in [0.4, 0.5) is 11.5 Å². The quantitative estimate of drug-likeness (QED) is 0.383. The third kappa shape index (κ3) is 5.61. The molecule has 0 aliphatic carbocycles. The number of nitrogens with one attached hydrogen (secondary N) is 2. The summed E-state index contributed by atoms with van der Waals surface area (Å²) in [7, 11) is 0. The molecule has 170 valence electrons. The van der Waals surface area contributed by atoms with Crippen molar-refractivity contribution >= 4 is 39.9 Å². The zero-order valence-electron chi connectivity index (χ0n) is 18.9. The van der Waals surface area contributed by atoms with Crippen molar-refractivity contribution in [1.82, 2.24) is 20.3 Å². The fraction of sp³-hybridized carbons (Fsp3) is 0.154. The van der Waals surface area contributed by atoms with E-state index in [2.05, 4.69) is 37.4 Å². The summed E-state index contributed by atoms with van der Waals surface area (Å²) < 4.78 is 5.96. The molecule has 0 aliphatic heterocycles. The van der Waals surface area contributed by atoms with Gasteiger partial charge < -0.3 is 15.4 Å². The predicted octanol–water partition coefficient (Wildman–Crippen LogP) is 5.32. The number of anilines is 2. The Morgan fingerprint density at radius 2 is 1.94 bits per heavy atom. The molecule has 0 aliphatic rings. The molecule has 2 aromatic carbocycles. The highest BCUT2D eigenvalue weighted by Gasteiger charge is 2.10. The Labute approximate surface area is 202 Å². The van der Waals surface area contributed by atoms with Gasteiger partial charge in [-0.15, -0.1) is 0 Å². The number of hydrogen-bond acceptors (Lipinski definition) is 6. The van der Waals surface area contributed by atoms with Gasteiger partial charge in [0.15, 0.2) is 0 Å². The van der Waals surface area contributed by atoms with Gasteiger partial charge in [0.25, 0.3) is 0 Å². The first-order valence-electron chi connectivity index (χ1n) is 10.5. The predicted molar refractivity (Wildman–Crippen MR) is 134 cm³/mol. The van der Waals surface area contributed by atoms with Gasteiger partial charge in [-0.2, -0.15) is 0 Å². The molecule has 0 saturated heterocycles. The number of pyridine rings is 1. The third-order valence-corrected chi connectivity index (χ3v) is 5.24. The van der Waals surface area contributed by atoms with Crippen LogP contribution >= 0.6 is 11.6 Å². The van der Waals surface area contributed by atoms with Crippen molar-refractivity contribution in [3.05, 3.63) is 76.8 Å². The van der Waals surface area contributed by atoms with Crippen molar-refractivity contribution in [3.8, 4) is 23.3 Å². The van der Waals surface area contributed by atoms with Crippen molar-refractivity contribution in [2.45, 2.75) is 20.8 Å². The molecule has 0 saturated carbocycles. The second-order valence-electron chi connectivity index (χ2n) is 7.63. The average Bonchev–Trinajstić information content (AvgIpc) is 2.80. The maximum Gasteiger partial charge on any atom is 0.217 e. The number of nitrogens with zero attached hydrogens (tertiary/aromatic N) is 3. The summed E-state index contributed by atoms with van der Waals surface area (Å²) >= 11 is 6.38. The van der Waals surface area contributed by atoms with E-state index in [4.69, 9.17) is 16.3 Å². The topological polar surface area (TPSA) is 89.0 Å². The van der Waals surface area contributed by atoms with Gasteiger partial charge in [0, 0.05) is 29.3 Å². The van der Waals surface area contributed by atoms with E-state index >= 15 is 0 Å². The molecule has 2 heterocycles. The van der Waals surface area contributed by atoms with Gasteiger partial charge in [0.05, 0.1) is 23.3 Å². The summed E-state index contributed by atoms with van der Waals surface area (Å²) in [6.45, 7) is 5.59. The van der Waals surface area contributed by atoms with Crippen molar-refractivity contribution in [2.24, 2.45) is 0 Å². The maximum absolute atomic E-state index is 11.0. The van der Waals surface area contributed by atoms with Gasteiger partial charge in [-0.3, -0.25) is 9.78 Å². The van der Waals surface area contributed by atoms with E-state index in [0.29, 0.717) is 27.7 Å². The first-order valence-corrected chi connectivity index (χ1v) is 10.9. The highest BCUT2D eigenvalue weighted by atomic mass is 35.5. The van der Waals surface area contributed by atoms with Crippen LogP contribution in [0.2, 0.25) is 5.02 Å². The van der Waals surface area contributed by atoms with Crippen molar-refractivity contribution in [1.29, 1.82) is 0 Å². The van der Waals surface area contributed by atoms with E-state index in [9.17, 15) is 4.79 Å². The molecular formula is C26H22ClN5O2. The van der Waals surface area contributed by atoms with Crippen molar-refractivity contribution in [3.63, 3.8) is 0 Å². The molecule has 0 unspecified atom stereocenters. The SMILES string of the molecule is CC(=O)NCC#Cc1cc2c(Nc3ccc(Oc4ccc(C)nc4)c(C)c3)ncnc2cc1Cl. The minimum Gasteiger partial charge on any atom is -0.455 e. The van der Waals surface area contributed by atoms with Gasteiger partial charge >= 0.3 is 0 Å². The molecule has 0 bridgehead atoms. The number of carbonyl (C=O) groups excluding carboxylic acids is 1. The fourth-order valence-electron chi connectivity index (χ4n) is 3.20. The molecule has 0 radical (unpaired) electrons. The van der Waals surface area contributed by atoms with Crippen LogP contribution in [0.1, 0.15) is 23.7 Å². The summed E-state index contributed by atoms with van der Waals surface area (Å²) in [5, 5.41) is 7.24. The molecule has 0 spiro atoms. The average molecular weight is 472 g/mol. The minimum absolute atomic E-state index is 0.138. The third-order valence-electron chi connectivity index (χ3n) is 4.92. The van der Waals surface area contributed by atoms with E-state index in [1.807, 2.05) is 50.2 Å². The van der Waals surface area contributed by atoms with Gasteiger partial charge in [0.2, 0.25) is 5.91 Å². The molecule has 7 nitrogen and oxygen atoms in total. The zero-order valence-corrected chi connectivity index (χ0v) is 19.7. The number of carbonyl (C=O) groups is 1. The number of hydrogen-bond donors (Lipinski definition) is 2. The molecule has 8 heteroatoms. The lowest BCUT2D eigenvalue weighted by atomic mass is 10.1. The van der Waals surface area contributed by atoms with Gasteiger partial charge in [-0.05, 0) is 61.9 Å². The highest BCUT2D eigenvalue weighted by molar-refractivity contribution is 6.32. The van der Waals surface area contributed by atoms with Crippen LogP contribution in [0.15, 0.2) is 55.0 Å². The number of aromatic nitrogens is 3. The molecule has 2 aromatic heterocycles. The van der Waals surface area contributed by atoms with Crippen LogP contribution in [-0.2, 0) is 4.79 Å². The number of halogens is 1. The molecule has 4 aromatic rings. The Morgan fingerprint density at radius 3 is 2.68 bits per heavy atom. The number of ether oxygens (including phenoxy) is 1. The smallest absolute Gasteiger partial charge is 0.217 e. The number of amides is 1. The first kappa shape index (κ1) is 23.0. The Bertz CT molecular complexity index is 1430. The minimum atomic E-state index is -0.138. The molecule has 1 amide bonds. The Balaban J connectivity index is 1.58. The number of rotatable bonds is 5. The molecule has 0 atom stereocenters. The van der Waals surface area contributed by atoms with Crippen LogP contribution in [0.3, 0.4) is 0 Å². The van der Waals surface area contributed by atoms with Crippen LogP contribution in [0.25, 0.3) is 10.9 Å². The van der Waals surface area contributed by atoms with Crippen molar-refractivity contribution < 1.29 is 9.53 Å². The van der Waals surface area contributed by atoms with E-state index < -0.39 is 0 Å². The Kier molecular flexibility index (Phi) is 6.90. The largest absolute Gasteiger partial charge is 0.455 e. The van der Waals surface area contributed by atoms with Crippen LogP contribution in [0, 0.1) is 25.7 Å². The lowest BCUT2D eigenvalue weighted by Crippen LogP contribution is -2.19. The second-order valence-corrected chi connectivity index (χ2v) is 8.03. The van der Waals surface area contributed by atoms with Gasteiger partial charge in [-0.1, -0.05) is 23.4 Å². The number of fused-ring (bicyclic) bond motifs is 1. The normalized spacial score (nSPS) is 10.4. The monoisotopic (exact) mass is 471 g/mol. The molecular weight excluding hydrogens is 450 g/mol. The van der Waals surface area contributed by atoms with Gasteiger partial charge in [-0.25, -0.2) is 9.97 Å². The van der Waals surface area contributed by atoms with E-state index in [1.165, 1.54) is 13.3 Å². The van der Waals surface area contributed by atoms with Crippen molar-refractivity contribution in [2.75, 3.05) is 11.9 Å². The van der Waals surface area contributed by atoms with E-state index in [0.717, 1.165) is 28.1 Å². The fourth-order valence-corrected chi connectivity index (χ4v) is 3.41. The molecule has 2 N–H and O–H groups in total. The molecule has 4 rings (SSSR count). The van der Waals surface area contributed by atoms with Gasteiger partial charge in [0.1, 0.15) is 23.6 Å². The van der Waals surface area contributed by atoms with E-state index in [-0.39, 0.29) is 12.5 Å². The summed E-state index contributed by atoms with van der Waals surface area (Å²) in [6, 6.07) is 13.2. The van der Waals surface area contributed by atoms with Crippen LogP contribution < -0.4 is 15.4 Å². The highest BCUT2D eigenvalue weighted by Crippen LogP contribution is 2.31. The van der Waals surface area contributed by atoms with Crippen LogP contribution in [-0.4, -0.2) is 27.4 Å². The zero-order chi connectivity index (χ0) is 24.1. The summed E-state index contributed by atoms with van der Waals surface area (Å²) in [5.74, 6) is 7.80. The summed E-state index contributed by atoms with van der Waals surface area (Å²) in [5.41, 5.74) is 4.06.